The number of aryl methyl sites for hydroxylation is 3. The Morgan fingerprint density at radius 2 is 1.79 bits per heavy atom. The van der Waals surface area contributed by atoms with Crippen molar-refractivity contribution in [3.05, 3.63) is 71.8 Å². The Balaban J connectivity index is 1.72. The molecule has 1 aromatic carbocycles. The summed E-state index contributed by atoms with van der Waals surface area (Å²) in [4.78, 5) is 0. The number of hydrogen-bond acceptors (Lipinski definition) is 4. The first-order valence-corrected chi connectivity index (χ1v) is 9.25. The maximum absolute atomic E-state index is 4.44. The van der Waals surface area contributed by atoms with Crippen LogP contribution in [0, 0.1) is 13.8 Å². The van der Waals surface area contributed by atoms with E-state index in [1.807, 2.05) is 32.3 Å². The van der Waals surface area contributed by atoms with Gasteiger partial charge >= 0.3 is 0 Å². The third-order valence-electron chi connectivity index (χ3n) is 5.07. The van der Waals surface area contributed by atoms with E-state index in [9.17, 15) is 0 Å². The molecule has 7 nitrogen and oxygen atoms in total. The molecule has 0 spiro atoms. The summed E-state index contributed by atoms with van der Waals surface area (Å²) in [5.41, 5.74) is 6.39. The molecule has 0 atom stereocenters. The van der Waals surface area contributed by atoms with Crippen molar-refractivity contribution < 1.29 is 0 Å². The molecule has 0 radical (unpaired) electrons. The highest BCUT2D eigenvalue weighted by atomic mass is 15.3. The van der Waals surface area contributed by atoms with Crippen LogP contribution < -0.4 is 5.32 Å². The quantitative estimate of drug-likeness (QED) is 0.521. The Morgan fingerprint density at radius 1 is 0.964 bits per heavy atom. The van der Waals surface area contributed by atoms with Gasteiger partial charge in [0.05, 0.1) is 16.7 Å². The predicted octanol–water partition coefficient (Wildman–Crippen LogP) is 3.83. The van der Waals surface area contributed by atoms with Crippen LogP contribution in [0.4, 0.5) is 11.5 Å². The highest BCUT2D eigenvalue weighted by Gasteiger charge is 2.17. The van der Waals surface area contributed by atoms with Crippen molar-refractivity contribution >= 4 is 28.2 Å². The summed E-state index contributed by atoms with van der Waals surface area (Å²) in [6, 6.07) is 16.8. The van der Waals surface area contributed by atoms with Gasteiger partial charge in [-0.1, -0.05) is 30.3 Å². The molecule has 140 valence electrons. The average molecular weight is 371 g/mol. The van der Waals surface area contributed by atoms with E-state index in [1.165, 1.54) is 11.3 Å². The number of benzene rings is 1. The minimum absolute atomic E-state index is 0.780. The second-order valence-corrected chi connectivity index (χ2v) is 7.09. The van der Waals surface area contributed by atoms with E-state index in [2.05, 4.69) is 72.9 Å². The molecule has 4 aromatic heterocycles. The van der Waals surface area contributed by atoms with E-state index < -0.39 is 0 Å². The van der Waals surface area contributed by atoms with E-state index in [0.717, 1.165) is 40.6 Å². The second kappa shape index (κ2) is 6.23. The van der Waals surface area contributed by atoms with E-state index in [-0.39, 0.29) is 0 Å². The molecular formula is C21H21N7. The van der Waals surface area contributed by atoms with Crippen molar-refractivity contribution in [3.63, 3.8) is 0 Å². The van der Waals surface area contributed by atoms with Gasteiger partial charge in [-0.3, -0.25) is 9.08 Å². The highest BCUT2D eigenvalue weighted by Crippen LogP contribution is 2.30. The lowest BCUT2D eigenvalue weighted by Gasteiger charge is -2.11. The molecule has 0 saturated carbocycles. The van der Waals surface area contributed by atoms with E-state index >= 15 is 0 Å². The highest BCUT2D eigenvalue weighted by molar-refractivity contribution is 5.89. The third kappa shape index (κ3) is 2.63. The Bertz CT molecular complexity index is 1290. The molecule has 28 heavy (non-hydrogen) atoms. The molecule has 0 aliphatic heterocycles. The number of fused-ring (bicyclic) bond motifs is 3. The van der Waals surface area contributed by atoms with Crippen LogP contribution in [-0.2, 0) is 13.6 Å². The standard InChI is InChI=1S/C21H21N7/c1-14-11-19-18(27(14)13-16-7-5-4-6-8-16)12-17(21-24-23-15(2)28(19)21)22-20-9-10-26(3)25-20/h4-12H,13H2,1-3H3,(H,22,25). The number of nitrogens with zero attached hydrogens (tertiary/aromatic N) is 6. The van der Waals surface area contributed by atoms with Gasteiger partial charge in [-0.25, -0.2) is 0 Å². The molecule has 0 aliphatic carbocycles. The van der Waals surface area contributed by atoms with Crippen LogP contribution >= 0.6 is 0 Å². The molecule has 4 heterocycles. The zero-order valence-electron chi connectivity index (χ0n) is 16.1. The smallest absolute Gasteiger partial charge is 0.185 e. The van der Waals surface area contributed by atoms with Crippen LogP contribution in [0.15, 0.2) is 54.7 Å². The van der Waals surface area contributed by atoms with E-state index in [4.69, 9.17) is 0 Å². The SMILES string of the molecule is Cc1cc2c(cc(Nc3ccn(C)n3)c3nnc(C)n32)n1Cc1ccccc1. The first-order chi connectivity index (χ1) is 13.6. The van der Waals surface area contributed by atoms with Gasteiger partial charge in [0.1, 0.15) is 5.82 Å². The molecule has 0 aliphatic rings. The summed E-state index contributed by atoms with van der Waals surface area (Å²) in [5.74, 6) is 1.64. The number of anilines is 2. The van der Waals surface area contributed by atoms with Crippen LogP contribution in [0.5, 0.6) is 0 Å². The Morgan fingerprint density at radius 3 is 2.54 bits per heavy atom. The number of aromatic nitrogens is 6. The molecule has 0 bridgehead atoms. The topological polar surface area (TPSA) is 65.0 Å². The van der Waals surface area contributed by atoms with Crippen molar-refractivity contribution in [2.75, 3.05) is 5.32 Å². The number of nitrogens with one attached hydrogen (secondary N) is 1. The first-order valence-electron chi connectivity index (χ1n) is 9.25. The molecule has 1 N–H and O–H groups in total. The van der Waals surface area contributed by atoms with E-state index in [1.54, 1.807) is 4.68 Å². The molecule has 0 fully saturated rings. The largest absolute Gasteiger partial charge is 0.339 e. The van der Waals surface area contributed by atoms with Crippen molar-refractivity contribution in [1.29, 1.82) is 0 Å². The average Bonchev–Trinajstić information content (AvgIpc) is 3.36. The van der Waals surface area contributed by atoms with Crippen LogP contribution in [0.3, 0.4) is 0 Å². The normalized spacial score (nSPS) is 11.5. The van der Waals surface area contributed by atoms with E-state index in [0.29, 0.717) is 0 Å². The second-order valence-electron chi connectivity index (χ2n) is 7.09. The molecule has 0 amide bonds. The summed E-state index contributed by atoms with van der Waals surface area (Å²) < 4.78 is 6.21. The van der Waals surface area contributed by atoms with Crippen LogP contribution in [0.2, 0.25) is 0 Å². The maximum atomic E-state index is 4.44. The van der Waals surface area contributed by atoms with Crippen LogP contribution in [0.25, 0.3) is 16.7 Å². The minimum Gasteiger partial charge on any atom is -0.339 e. The van der Waals surface area contributed by atoms with Gasteiger partial charge in [0.15, 0.2) is 11.5 Å². The van der Waals surface area contributed by atoms with Gasteiger partial charge in [0, 0.05) is 31.5 Å². The first kappa shape index (κ1) is 16.6. The van der Waals surface area contributed by atoms with Gasteiger partial charge in [0.2, 0.25) is 0 Å². The summed E-state index contributed by atoms with van der Waals surface area (Å²) >= 11 is 0. The van der Waals surface area contributed by atoms with Crippen LogP contribution in [-0.4, -0.2) is 28.9 Å². The summed E-state index contributed by atoms with van der Waals surface area (Å²) in [7, 11) is 1.90. The summed E-state index contributed by atoms with van der Waals surface area (Å²) in [6.07, 6.45) is 1.91. The van der Waals surface area contributed by atoms with Crippen molar-refractivity contribution in [1.82, 2.24) is 28.9 Å². The van der Waals surface area contributed by atoms with Crippen LogP contribution in [0.1, 0.15) is 17.1 Å². The number of hydrogen-bond donors (Lipinski definition) is 1. The van der Waals surface area contributed by atoms with Gasteiger partial charge < -0.3 is 9.88 Å². The van der Waals surface area contributed by atoms with Crippen molar-refractivity contribution in [3.8, 4) is 0 Å². The minimum atomic E-state index is 0.780. The third-order valence-corrected chi connectivity index (χ3v) is 5.07. The lowest BCUT2D eigenvalue weighted by molar-refractivity contribution is 0.771. The predicted molar refractivity (Wildman–Crippen MR) is 110 cm³/mol. The fraction of sp³-hybridized carbons (Fsp3) is 0.190. The summed E-state index contributed by atoms with van der Waals surface area (Å²) in [6.45, 7) is 4.93. The fourth-order valence-corrected chi connectivity index (χ4v) is 3.72. The molecule has 5 aromatic rings. The van der Waals surface area contributed by atoms with Crippen molar-refractivity contribution in [2.24, 2.45) is 7.05 Å². The Kier molecular flexibility index (Phi) is 3.68. The Labute approximate surface area is 162 Å². The molecule has 0 saturated heterocycles. The van der Waals surface area contributed by atoms with Gasteiger partial charge in [-0.2, -0.15) is 5.10 Å². The summed E-state index contributed by atoms with van der Waals surface area (Å²) in [5, 5.41) is 16.6. The van der Waals surface area contributed by atoms with Gasteiger partial charge in [-0.05, 0) is 31.5 Å². The fourth-order valence-electron chi connectivity index (χ4n) is 3.72. The van der Waals surface area contributed by atoms with Gasteiger partial charge in [0.25, 0.3) is 0 Å². The number of pyridine rings is 1. The monoisotopic (exact) mass is 371 g/mol. The zero-order chi connectivity index (χ0) is 19.3. The molecular weight excluding hydrogens is 350 g/mol. The van der Waals surface area contributed by atoms with Crippen molar-refractivity contribution in [2.45, 2.75) is 20.4 Å². The molecule has 0 unspecified atom stereocenters. The van der Waals surface area contributed by atoms with Gasteiger partial charge in [-0.15, -0.1) is 10.2 Å². The lowest BCUT2D eigenvalue weighted by atomic mass is 10.2. The number of rotatable bonds is 4. The molecule has 7 heteroatoms. The Hall–Kier alpha value is -3.61. The lowest BCUT2D eigenvalue weighted by Crippen LogP contribution is -2.03. The molecule has 5 rings (SSSR count). The zero-order valence-corrected chi connectivity index (χ0v) is 16.1. The maximum Gasteiger partial charge on any atom is 0.185 e.